The number of hydrogen-bond donors (Lipinski definition) is 0. The molecule has 4 heteroatoms. The molecule has 0 N–H and O–H groups in total. The Hall–Kier alpha value is -0.240. The van der Waals surface area contributed by atoms with Gasteiger partial charge in [0, 0.05) is 10.9 Å². The molecule has 2 unspecified atom stereocenters. The molecule has 1 aliphatic rings. The van der Waals surface area contributed by atoms with Gasteiger partial charge >= 0.3 is 0 Å². The van der Waals surface area contributed by atoms with Crippen LogP contribution in [0.5, 0.6) is 0 Å². The highest BCUT2D eigenvalue weighted by molar-refractivity contribution is 6.42. The summed E-state index contributed by atoms with van der Waals surface area (Å²) < 4.78 is 0. The fraction of sp³-hybridized carbons (Fsp3) is 0.462. The minimum atomic E-state index is 0.0474. The molecule has 1 nitrogen and oxygen atoms in total. The first kappa shape index (κ1) is 13.2. The van der Waals surface area contributed by atoms with Gasteiger partial charge in [-0.05, 0) is 30.9 Å². The van der Waals surface area contributed by atoms with Crippen LogP contribution in [0.4, 0.5) is 0 Å². The predicted molar refractivity (Wildman–Crippen MR) is 72.3 cm³/mol. The van der Waals surface area contributed by atoms with Gasteiger partial charge in [-0.1, -0.05) is 48.1 Å². The molecule has 1 fully saturated rings. The third-order valence-electron chi connectivity index (χ3n) is 3.45. The lowest BCUT2D eigenvalue weighted by Crippen LogP contribution is -2.18. The second-order valence-corrected chi connectivity index (χ2v) is 5.87. The van der Waals surface area contributed by atoms with Crippen LogP contribution in [0.15, 0.2) is 12.1 Å². The quantitative estimate of drug-likeness (QED) is 0.679. The van der Waals surface area contributed by atoms with Crippen LogP contribution in [0, 0.1) is 11.8 Å². The fourth-order valence-corrected chi connectivity index (χ4v) is 3.50. The fourth-order valence-electron chi connectivity index (χ4n) is 2.50. The molecule has 0 bridgehead atoms. The van der Waals surface area contributed by atoms with Gasteiger partial charge in [-0.3, -0.25) is 4.79 Å². The van der Waals surface area contributed by atoms with Crippen molar-refractivity contribution in [1.29, 1.82) is 0 Å². The van der Waals surface area contributed by atoms with Crippen molar-refractivity contribution < 1.29 is 4.79 Å². The van der Waals surface area contributed by atoms with E-state index in [1.807, 2.05) is 0 Å². The molecule has 0 aromatic heterocycles. The molecule has 1 aromatic rings. The maximum Gasteiger partial charge on any atom is 0.169 e. The summed E-state index contributed by atoms with van der Waals surface area (Å²) in [7, 11) is 0. The van der Waals surface area contributed by atoms with Crippen LogP contribution in [0.2, 0.25) is 15.1 Å². The van der Waals surface area contributed by atoms with Crippen molar-refractivity contribution in [2.24, 2.45) is 11.8 Å². The zero-order valence-corrected chi connectivity index (χ0v) is 11.7. The zero-order chi connectivity index (χ0) is 12.6. The Bertz CT molecular complexity index is 433. The normalized spacial score (nSPS) is 24.0. The third kappa shape index (κ3) is 2.62. The van der Waals surface area contributed by atoms with Crippen LogP contribution >= 0.6 is 34.8 Å². The van der Waals surface area contributed by atoms with Crippen LogP contribution in [0.3, 0.4) is 0 Å². The largest absolute Gasteiger partial charge is 0.294 e. The summed E-state index contributed by atoms with van der Waals surface area (Å²) in [5.41, 5.74) is 0.427. The van der Waals surface area contributed by atoms with E-state index >= 15 is 0 Å². The van der Waals surface area contributed by atoms with Crippen molar-refractivity contribution >= 4 is 40.6 Å². The second-order valence-electron chi connectivity index (χ2n) is 4.62. The molecular weight excluding hydrogens is 279 g/mol. The number of carbonyl (C=O) groups excluding carboxylic acids is 1. The third-order valence-corrected chi connectivity index (χ3v) is 4.27. The maximum atomic E-state index is 12.4. The van der Waals surface area contributed by atoms with Crippen molar-refractivity contribution in [3.63, 3.8) is 0 Å². The Morgan fingerprint density at radius 1 is 1.18 bits per heavy atom. The second kappa shape index (κ2) is 5.17. The standard InChI is InChI=1S/C13H13Cl3O/c1-7-3-2-4-9(7)13(17)12-10(15)5-8(14)6-11(12)16/h5-7,9H,2-4H2,1H3. The number of hydrogen-bond acceptors (Lipinski definition) is 1. The van der Waals surface area contributed by atoms with Crippen LogP contribution in [-0.2, 0) is 0 Å². The number of ketones is 1. The molecule has 0 aliphatic heterocycles. The lowest BCUT2D eigenvalue weighted by atomic mass is 9.89. The van der Waals surface area contributed by atoms with Gasteiger partial charge in [0.2, 0.25) is 0 Å². The maximum absolute atomic E-state index is 12.4. The van der Waals surface area contributed by atoms with Crippen LogP contribution < -0.4 is 0 Å². The highest BCUT2D eigenvalue weighted by Crippen LogP contribution is 2.38. The van der Waals surface area contributed by atoms with Gasteiger partial charge in [0.15, 0.2) is 5.78 Å². The molecule has 0 amide bonds. The minimum Gasteiger partial charge on any atom is -0.294 e. The molecule has 1 saturated carbocycles. The van der Waals surface area contributed by atoms with Gasteiger partial charge in [0.1, 0.15) is 0 Å². The number of halogens is 3. The van der Waals surface area contributed by atoms with E-state index in [0.717, 1.165) is 19.3 Å². The topological polar surface area (TPSA) is 17.1 Å². The highest BCUT2D eigenvalue weighted by Gasteiger charge is 2.32. The zero-order valence-electron chi connectivity index (χ0n) is 9.47. The Balaban J connectivity index is 2.37. The van der Waals surface area contributed by atoms with E-state index in [2.05, 4.69) is 6.92 Å². The molecule has 0 spiro atoms. The van der Waals surface area contributed by atoms with Crippen molar-refractivity contribution in [2.45, 2.75) is 26.2 Å². The van der Waals surface area contributed by atoms with Crippen molar-refractivity contribution in [2.75, 3.05) is 0 Å². The Morgan fingerprint density at radius 3 is 2.24 bits per heavy atom. The Kier molecular flexibility index (Phi) is 4.02. The number of benzene rings is 1. The van der Waals surface area contributed by atoms with Crippen LogP contribution in [0.25, 0.3) is 0 Å². The molecule has 2 atom stereocenters. The van der Waals surface area contributed by atoms with Crippen molar-refractivity contribution in [1.82, 2.24) is 0 Å². The predicted octanol–water partition coefficient (Wildman–Crippen LogP) is 5.27. The van der Waals surface area contributed by atoms with Crippen molar-refractivity contribution in [3.8, 4) is 0 Å². The van der Waals surface area contributed by atoms with Gasteiger partial charge in [-0.25, -0.2) is 0 Å². The Morgan fingerprint density at radius 2 is 1.76 bits per heavy atom. The molecule has 0 saturated heterocycles. The van der Waals surface area contributed by atoms with E-state index < -0.39 is 0 Å². The smallest absolute Gasteiger partial charge is 0.169 e. The first-order valence-electron chi connectivity index (χ1n) is 5.69. The van der Waals surface area contributed by atoms with E-state index in [4.69, 9.17) is 34.8 Å². The summed E-state index contributed by atoms with van der Waals surface area (Å²) in [6.45, 7) is 2.10. The van der Waals surface area contributed by atoms with Gasteiger partial charge in [0.05, 0.1) is 15.6 Å². The lowest BCUT2D eigenvalue weighted by Gasteiger charge is -2.16. The highest BCUT2D eigenvalue weighted by atomic mass is 35.5. The SMILES string of the molecule is CC1CCCC1C(=O)c1c(Cl)cc(Cl)cc1Cl. The first-order valence-corrected chi connectivity index (χ1v) is 6.83. The lowest BCUT2D eigenvalue weighted by molar-refractivity contribution is 0.0897. The summed E-state index contributed by atoms with van der Waals surface area (Å²) in [6, 6.07) is 3.14. The number of Topliss-reactive ketones (excluding diaryl/α,β-unsaturated/α-hetero) is 1. The van der Waals surface area contributed by atoms with Crippen LogP contribution in [0.1, 0.15) is 36.5 Å². The molecule has 0 radical (unpaired) electrons. The summed E-state index contributed by atoms with van der Waals surface area (Å²) in [5, 5.41) is 1.16. The molecular formula is C13H13Cl3O. The number of rotatable bonds is 2. The molecule has 1 aliphatic carbocycles. The van der Waals surface area contributed by atoms with Crippen LogP contribution in [-0.4, -0.2) is 5.78 Å². The summed E-state index contributed by atoms with van der Waals surface area (Å²) in [6.07, 6.45) is 3.12. The van der Waals surface area contributed by atoms with Gasteiger partial charge in [-0.15, -0.1) is 0 Å². The molecule has 1 aromatic carbocycles. The molecule has 2 rings (SSSR count). The van der Waals surface area contributed by atoms with E-state index in [1.165, 1.54) is 0 Å². The number of carbonyl (C=O) groups is 1. The molecule has 17 heavy (non-hydrogen) atoms. The van der Waals surface area contributed by atoms with Gasteiger partial charge in [0.25, 0.3) is 0 Å². The monoisotopic (exact) mass is 290 g/mol. The minimum absolute atomic E-state index is 0.0474. The van der Waals surface area contributed by atoms with E-state index in [1.54, 1.807) is 12.1 Å². The van der Waals surface area contributed by atoms with Crippen molar-refractivity contribution in [3.05, 3.63) is 32.8 Å². The molecule has 92 valence electrons. The van der Waals surface area contributed by atoms with E-state index in [9.17, 15) is 4.79 Å². The molecule has 0 heterocycles. The summed E-state index contributed by atoms with van der Waals surface area (Å²) in [4.78, 5) is 12.4. The average Bonchev–Trinajstić information content (AvgIpc) is 2.62. The summed E-state index contributed by atoms with van der Waals surface area (Å²) in [5.74, 6) is 0.512. The van der Waals surface area contributed by atoms with E-state index in [0.29, 0.717) is 26.5 Å². The van der Waals surface area contributed by atoms with E-state index in [-0.39, 0.29) is 11.7 Å². The van der Waals surface area contributed by atoms with Gasteiger partial charge in [-0.2, -0.15) is 0 Å². The van der Waals surface area contributed by atoms with Gasteiger partial charge < -0.3 is 0 Å². The Labute approximate surface area is 116 Å². The summed E-state index contributed by atoms with van der Waals surface area (Å²) >= 11 is 18.0. The average molecular weight is 292 g/mol. The first-order chi connectivity index (χ1) is 8.00.